The van der Waals surface area contributed by atoms with E-state index < -0.39 is 18.4 Å². The Kier molecular flexibility index (Phi) is 18.2. The van der Waals surface area contributed by atoms with Crippen molar-refractivity contribution in [2.24, 2.45) is 0 Å². The van der Waals surface area contributed by atoms with Gasteiger partial charge >= 0.3 is 164 Å². The van der Waals surface area contributed by atoms with Crippen molar-refractivity contribution in [2.45, 2.75) is 129 Å². The molecular weight excluding hydrogens is 411 g/mol. The fourth-order valence-corrected chi connectivity index (χ4v) is 19.2. The molecule has 0 bridgehead atoms. The monoisotopic (exact) mass is 460 g/mol. The predicted octanol–water partition coefficient (Wildman–Crippen LogP) is 8.04. The summed E-state index contributed by atoms with van der Waals surface area (Å²) < 4.78 is 4.15. The summed E-state index contributed by atoms with van der Waals surface area (Å²) in [6.07, 6.45) is 21.7. The first-order valence-corrected chi connectivity index (χ1v) is 19.2. The van der Waals surface area contributed by atoms with Gasteiger partial charge in [-0.1, -0.05) is 0 Å². The van der Waals surface area contributed by atoms with Crippen LogP contribution in [0.25, 0.3) is 0 Å². The summed E-state index contributed by atoms with van der Waals surface area (Å²) in [5.41, 5.74) is 0. The van der Waals surface area contributed by atoms with Gasteiger partial charge < -0.3 is 0 Å². The number of hydrogen-bond donors (Lipinski definition) is 1. The van der Waals surface area contributed by atoms with Crippen LogP contribution in [0.4, 0.5) is 0 Å². The molecule has 1 N–H and O–H groups in total. The zero-order valence-corrected chi connectivity index (χ0v) is 20.8. The van der Waals surface area contributed by atoms with Gasteiger partial charge in [0.05, 0.1) is 0 Å². The maximum absolute atomic E-state index is 11.1. The number of aliphatic hydroxyl groups is 1. The number of rotatable bonds is 18. The van der Waals surface area contributed by atoms with Crippen molar-refractivity contribution in [1.82, 2.24) is 0 Å². The number of unbranched alkanes of at least 4 members (excludes halogenated alkanes) is 9. The van der Waals surface area contributed by atoms with Crippen LogP contribution in [0.5, 0.6) is 0 Å². The van der Waals surface area contributed by atoms with Gasteiger partial charge in [0.25, 0.3) is 0 Å². The average Bonchev–Trinajstić information content (AvgIpc) is 2.63. The predicted molar refractivity (Wildman–Crippen MR) is 118 cm³/mol. The molecule has 150 valence electrons. The third-order valence-corrected chi connectivity index (χ3v) is 21.4. The van der Waals surface area contributed by atoms with Gasteiger partial charge in [-0.15, -0.1) is 0 Å². The van der Waals surface area contributed by atoms with E-state index in [1.165, 1.54) is 96.8 Å². The van der Waals surface area contributed by atoms with Gasteiger partial charge in [0.2, 0.25) is 0 Å². The van der Waals surface area contributed by atoms with Crippen molar-refractivity contribution >= 4 is 18.4 Å². The van der Waals surface area contributed by atoms with Crippen LogP contribution in [-0.2, 0) is 0 Å². The molecule has 0 aromatic carbocycles. The van der Waals surface area contributed by atoms with Crippen molar-refractivity contribution < 1.29 is 5.11 Å². The SMILES string of the molecule is CCCCCCCC/C=C/[C@H](O)[Sn]([CH2]CCC)([CH2]CCC)[CH2]CCC. The first kappa shape index (κ1) is 25.5. The fraction of sp³-hybridized carbons (Fsp3) is 0.913. The molecule has 0 heterocycles. The first-order chi connectivity index (χ1) is 12.2. The summed E-state index contributed by atoms with van der Waals surface area (Å²) in [4.78, 5) is 0. The zero-order chi connectivity index (χ0) is 18.8. The number of allylic oxidation sites excluding steroid dienone is 1. The third kappa shape index (κ3) is 12.5. The maximum atomic E-state index is 11.1. The van der Waals surface area contributed by atoms with Gasteiger partial charge in [-0.25, -0.2) is 0 Å². The fourth-order valence-electron chi connectivity index (χ4n) is 3.88. The number of hydrogen-bond acceptors (Lipinski definition) is 1. The van der Waals surface area contributed by atoms with Crippen LogP contribution in [0, 0.1) is 0 Å². The molecule has 0 aliphatic heterocycles. The van der Waals surface area contributed by atoms with Crippen LogP contribution in [0.3, 0.4) is 0 Å². The first-order valence-electron chi connectivity index (χ1n) is 11.5. The summed E-state index contributed by atoms with van der Waals surface area (Å²) in [5, 5.41) is 11.1. The molecule has 2 heteroatoms. The normalized spacial score (nSPS) is 13.6. The van der Waals surface area contributed by atoms with E-state index in [0.29, 0.717) is 0 Å². The van der Waals surface area contributed by atoms with E-state index in [2.05, 4.69) is 39.8 Å². The van der Waals surface area contributed by atoms with E-state index in [1.54, 1.807) is 0 Å². The molecule has 0 aromatic rings. The second-order valence-corrected chi connectivity index (χ2v) is 21.8. The van der Waals surface area contributed by atoms with Gasteiger partial charge in [0.15, 0.2) is 0 Å². The summed E-state index contributed by atoms with van der Waals surface area (Å²) >= 11 is -2.45. The van der Waals surface area contributed by atoms with Gasteiger partial charge in [-0.3, -0.25) is 0 Å². The van der Waals surface area contributed by atoms with E-state index in [0.717, 1.165) is 0 Å². The average molecular weight is 459 g/mol. The third-order valence-electron chi connectivity index (χ3n) is 5.75. The van der Waals surface area contributed by atoms with Crippen LogP contribution in [0.2, 0.25) is 13.3 Å². The molecule has 0 spiro atoms. The van der Waals surface area contributed by atoms with E-state index >= 15 is 0 Å². The van der Waals surface area contributed by atoms with Crippen LogP contribution in [0.15, 0.2) is 12.2 Å². The topological polar surface area (TPSA) is 20.2 Å². The van der Waals surface area contributed by atoms with E-state index in [1.807, 2.05) is 0 Å². The van der Waals surface area contributed by atoms with Crippen molar-refractivity contribution in [1.29, 1.82) is 0 Å². The summed E-state index contributed by atoms with van der Waals surface area (Å²) in [6, 6.07) is 0. The van der Waals surface area contributed by atoms with Crippen LogP contribution in [-0.4, -0.2) is 27.6 Å². The Bertz CT molecular complexity index is 279. The number of aliphatic hydroxyl groups excluding tert-OH is 1. The van der Waals surface area contributed by atoms with Crippen molar-refractivity contribution in [3.63, 3.8) is 0 Å². The molecule has 0 aromatic heterocycles. The van der Waals surface area contributed by atoms with Crippen LogP contribution < -0.4 is 0 Å². The Morgan fingerprint density at radius 2 is 1.08 bits per heavy atom. The summed E-state index contributed by atoms with van der Waals surface area (Å²) in [6.45, 7) is 9.18. The van der Waals surface area contributed by atoms with Crippen molar-refractivity contribution in [3.05, 3.63) is 12.2 Å². The molecule has 0 unspecified atom stereocenters. The molecule has 0 saturated carbocycles. The molecule has 0 amide bonds. The van der Waals surface area contributed by atoms with Crippen molar-refractivity contribution in [3.8, 4) is 0 Å². The quantitative estimate of drug-likeness (QED) is 0.125. The molecule has 1 atom stereocenters. The molecule has 0 rings (SSSR count). The van der Waals surface area contributed by atoms with Gasteiger partial charge in [-0.2, -0.15) is 0 Å². The molecule has 0 radical (unpaired) electrons. The molecule has 0 saturated heterocycles. The molecular formula is C23H48OSn. The Morgan fingerprint density at radius 1 is 0.640 bits per heavy atom. The standard InChI is InChI=1S/C11H21O.3C4H9.Sn/c1-2-3-4-5-6-7-8-9-10-11-12;3*1-3-4-2;/h9-12H,2-8H2,1H3;3*1,3-4H2,2H3;/b10-9+;;;;. The summed E-state index contributed by atoms with van der Waals surface area (Å²) in [5.74, 6) is 0. The Labute approximate surface area is 163 Å². The second kappa shape index (κ2) is 17.9. The summed E-state index contributed by atoms with van der Waals surface area (Å²) in [7, 11) is 0. The van der Waals surface area contributed by atoms with E-state index in [-0.39, 0.29) is 4.12 Å². The Hall–Kier alpha value is 0.499. The zero-order valence-electron chi connectivity index (χ0n) is 18.0. The Balaban J connectivity index is 4.54. The van der Waals surface area contributed by atoms with E-state index in [4.69, 9.17) is 0 Å². The van der Waals surface area contributed by atoms with Crippen LogP contribution in [0.1, 0.15) is 111 Å². The molecule has 0 aliphatic carbocycles. The van der Waals surface area contributed by atoms with E-state index in [9.17, 15) is 5.11 Å². The molecule has 25 heavy (non-hydrogen) atoms. The van der Waals surface area contributed by atoms with Gasteiger partial charge in [0.1, 0.15) is 0 Å². The van der Waals surface area contributed by atoms with Gasteiger partial charge in [0, 0.05) is 0 Å². The van der Waals surface area contributed by atoms with Crippen molar-refractivity contribution in [2.75, 3.05) is 0 Å². The minimum absolute atomic E-state index is 0.0426. The minimum atomic E-state index is -2.45. The molecule has 0 fully saturated rings. The van der Waals surface area contributed by atoms with Gasteiger partial charge in [-0.05, 0) is 0 Å². The molecule has 1 nitrogen and oxygen atoms in total. The molecule has 0 aliphatic rings. The Morgan fingerprint density at radius 3 is 1.56 bits per heavy atom. The second-order valence-electron chi connectivity index (χ2n) is 8.10. The van der Waals surface area contributed by atoms with Crippen LogP contribution >= 0.6 is 0 Å².